The first-order chi connectivity index (χ1) is 6.02. The van der Waals surface area contributed by atoms with E-state index in [-0.39, 0.29) is 16.2 Å². The predicted octanol–water partition coefficient (Wildman–Crippen LogP) is 1.69. The molecule has 5 heteroatoms. The molecule has 70 valence electrons. The van der Waals surface area contributed by atoms with Gasteiger partial charge in [0.25, 0.3) is 5.91 Å². The number of carbonyl (C=O) groups is 1. The summed E-state index contributed by atoms with van der Waals surface area (Å²) < 4.78 is 12.8. The van der Waals surface area contributed by atoms with Gasteiger partial charge in [-0.05, 0) is 28.1 Å². The fourth-order valence-corrected chi connectivity index (χ4v) is 1.09. The molecule has 1 aromatic rings. The lowest BCUT2D eigenvalue weighted by Crippen LogP contribution is -2.22. The van der Waals surface area contributed by atoms with Crippen LogP contribution in [0.2, 0.25) is 0 Å². The number of hydrogen-bond donors (Lipinski definition) is 0. The van der Waals surface area contributed by atoms with Gasteiger partial charge in [0.15, 0.2) is 5.82 Å². The van der Waals surface area contributed by atoms with Gasteiger partial charge in [-0.25, -0.2) is 9.37 Å². The average molecular weight is 247 g/mol. The second-order valence-electron chi connectivity index (χ2n) is 2.67. The van der Waals surface area contributed by atoms with Crippen molar-refractivity contribution in [3.63, 3.8) is 0 Å². The van der Waals surface area contributed by atoms with Crippen LogP contribution in [0, 0.1) is 5.82 Å². The number of hydrogen-bond acceptors (Lipinski definition) is 2. The minimum atomic E-state index is -0.477. The van der Waals surface area contributed by atoms with E-state index in [9.17, 15) is 9.18 Å². The summed E-state index contributed by atoms with van der Waals surface area (Å²) >= 11 is 2.91. The first-order valence-electron chi connectivity index (χ1n) is 3.56. The number of halogens is 2. The molecule has 1 rings (SSSR count). The first kappa shape index (κ1) is 10.1. The Morgan fingerprint density at radius 1 is 1.54 bits per heavy atom. The molecule has 1 amide bonds. The summed E-state index contributed by atoms with van der Waals surface area (Å²) in [6.07, 6.45) is 0. The molecule has 0 aliphatic carbocycles. The predicted molar refractivity (Wildman–Crippen MR) is 49.9 cm³/mol. The number of amides is 1. The molecule has 0 fully saturated rings. The topological polar surface area (TPSA) is 33.2 Å². The molecule has 0 saturated carbocycles. The van der Waals surface area contributed by atoms with Crippen molar-refractivity contribution in [3.8, 4) is 0 Å². The fourth-order valence-electron chi connectivity index (χ4n) is 0.765. The van der Waals surface area contributed by atoms with E-state index in [1.165, 1.54) is 17.0 Å². The Morgan fingerprint density at radius 2 is 2.15 bits per heavy atom. The van der Waals surface area contributed by atoms with E-state index in [1.807, 2.05) is 0 Å². The fraction of sp³-hybridized carbons (Fsp3) is 0.250. The van der Waals surface area contributed by atoms with E-state index < -0.39 is 5.82 Å². The monoisotopic (exact) mass is 246 g/mol. The maximum Gasteiger partial charge on any atom is 0.271 e. The Hall–Kier alpha value is -0.970. The summed E-state index contributed by atoms with van der Waals surface area (Å²) in [5.41, 5.74) is 0.221. The lowest BCUT2D eigenvalue weighted by molar-refractivity contribution is 0.0821. The highest BCUT2D eigenvalue weighted by molar-refractivity contribution is 9.10. The number of nitrogens with zero attached hydrogens (tertiary/aromatic N) is 2. The van der Waals surface area contributed by atoms with Gasteiger partial charge in [0, 0.05) is 14.1 Å². The molecule has 0 aromatic carbocycles. The summed E-state index contributed by atoms with van der Waals surface area (Å²) in [7, 11) is 3.22. The van der Waals surface area contributed by atoms with Crippen LogP contribution in [0.4, 0.5) is 4.39 Å². The maximum atomic E-state index is 12.7. The average Bonchev–Trinajstić information content (AvgIpc) is 2.08. The van der Waals surface area contributed by atoms with Gasteiger partial charge >= 0.3 is 0 Å². The number of rotatable bonds is 1. The summed E-state index contributed by atoms with van der Waals surface area (Å²) in [5.74, 6) is -0.726. The molecule has 0 N–H and O–H groups in total. The first-order valence-corrected chi connectivity index (χ1v) is 4.35. The molecular weight excluding hydrogens is 239 g/mol. The smallest absolute Gasteiger partial charge is 0.271 e. The molecule has 0 unspecified atom stereocenters. The van der Waals surface area contributed by atoms with Crippen molar-refractivity contribution in [3.05, 3.63) is 28.2 Å². The molecule has 1 aromatic heterocycles. The van der Waals surface area contributed by atoms with E-state index in [4.69, 9.17) is 0 Å². The number of aromatic nitrogens is 1. The SMILES string of the molecule is CN(C)C(=O)c1ccc(F)c(Br)n1. The van der Waals surface area contributed by atoms with Gasteiger partial charge in [-0.1, -0.05) is 0 Å². The maximum absolute atomic E-state index is 12.7. The van der Waals surface area contributed by atoms with Crippen molar-refractivity contribution in [2.75, 3.05) is 14.1 Å². The molecule has 0 atom stereocenters. The van der Waals surface area contributed by atoms with Crippen LogP contribution >= 0.6 is 15.9 Å². The van der Waals surface area contributed by atoms with Crippen LogP contribution in [0.3, 0.4) is 0 Å². The zero-order chi connectivity index (χ0) is 10.0. The van der Waals surface area contributed by atoms with Gasteiger partial charge in [-0.2, -0.15) is 0 Å². The van der Waals surface area contributed by atoms with Crippen molar-refractivity contribution in [1.82, 2.24) is 9.88 Å². The van der Waals surface area contributed by atoms with Crippen LogP contribution in [0.5, 0.6) is 0 Å². The Kier molecular flexibility index (Phi) is 2.98. The Morgan fingerprint density at radius 3 is 2.62 bits per heavy atom. The third kappa shape index (κ3) is 2.24. The molecule has 0 aliphatic heterocycles. The summed E-state index contributed by atoms with van der Waals surface area (Å²) in [6.45, 7) is 0. The van der Waals surface area contributed by atoms with Gasteiger partial charge in [-0.3, -0.25) is 4.79 Å². The van der Waals surface area contributed by atoms with Gasteiger partial charge in [0.1, 0.15) is 10.3 Å². The number of carbonyl (C=O) groups excluding carboxylic acids is 1. The van der Waals surface area contributed by atoms with Crippen molar-refractivity contribution >= 4 is 21.8 Å². The van der Waals surface area contributed by atoms with E-state index in [0.717, 1.165) is 0 Å². The molecule has 0 aliphatic rings. The molecule has 3 nitrogen and oxygen atoms in total. The third-order valence-electron chi connectivity index (χ3n) is 1.43. The Bertz CT molecular complexity index is 341. The minimum Gasteiger partial charge on any atom is -0.343 e. The lowest BCUT2D eigenvalue weighted by Gasteiger charge is -2.09. The van der Waals surface area contributed by atoms with Gasteiger partial charge < -0.3 is 4.90 Å². The molecular formula is C8H8BrFN2O. The quantitative estimate of drug-likeness (QED) is 0.707. The number of pyridine rings is 1. The molecule has 0 bridgehead atoms. The second kappa shape index (κ2) is 3.83. The Labute approximate surface area is 83.7 Å². The third-order valence-corrected chi connectivity index (χ3v) is 1.98. The summed E-state index contributed by atoms with van der Waals surface area (Å²) in [5, 5.41) is 0. The van der Waals surface area contributed by atoms with Gasteiger partial charge in [0.2, 0.25) is 0 Å². The standard InChI is InChI=1S/C8H8BrFN2O/c1-12(2)8(13)6-4-3-5(10)7(9)11-6/h3-4H,1-2H3. The summed E-state index contributed by atoms with van der Waals surface area (Å²) in [4.78, 5) is 16.5. The molecule has 1 heterocycles. The lowest BCUT2D eigenvalue weighted by atomic mass is 10.3. The van der Waals surface area contributed by atoms with Crippen LogP contribution in [-0.2, 0) is 0 Å². The zero-order valence-electron chi connectivity index (χ0n) is 7.21. The van der Waals surface area contributed by atoms with Crippen LogP contribution in [-0.4, -0.2) is 29.9 Å². The zero-order valence-corrected chi connectivity index (χ0v) is 8.80. The van der Waals surface area contributed by atoms with Crippen LogP contribution in [0.1, 0.15) is 10.5 Å². The normalized spacial score (nSPS) is 9.85. The van der Waals surface area contributed by atoms with E-state index in [1.54, 1.807) is 14.1 Å². The summed E-state index contributed by atoms with van der Waals surface area (Å²) in [6, 6.07) is 2.55. The van der Waals surface area contributed by atoms with Crippen LogP contribution < -0.4 is 0 Å². The van der Waals surface area contributed by atoms with E-state index in [2.05, 4.69) is 20.9 Å². The highest BCUT2D eigenvalue weighted by Crippen LogP contribution is 2.12. The van der Waals surface area contributed by atoms with Crippen molar-refractivity contribution < 1.29 is 9.18 Å². The second-order valence-corrected chi connectivity index (χ2v) is 3.42. The molecule has 0 radical (unpaired) electrons. The van der Waals surface area contributed by atoms with Crippen LogP contribution in [0.15, 0.2) is 16.7 Å². The van der Waals surface area contributed by atoms with E-state index >= 15 is 0 Å². The van der Waals surface area contributed by atoms with Crippen molar-refractivity contribution in [2.24, 2.45) is 0 Å². The largest absolute Gasteiger partial charge is 0.343 e. The van der Waals surface area contributed by atoms with Crippen LogP contribution in [0.25, 0.3) is 0 Å². The molecule has 13 heavy (non-hydrogen) atoms. The van der Waals surface area contributed by atoms with Crippen molar-refractivity contribution in [1.29, 1.82) is 0 Å². The highest BCUT2D eigenvalue weighted by atomic mass is 79.9. The van der Waals surface area contributed by atoms with E-state index in [0.29, 0.717) is 0 Å². The molecule has 0 spiro atoms. The van der Waals surface area contributed by atoms with Gasteiger partial charge in [-0.15, -0.1) is 0 Å². The van der Waals surface area contributed by atoms with Crippen molar-refractivity contribution in [2.45, 2.75) is 0 Å². The molecule has 0 saturated heterocycles. The minimum absolute atomic E-state index is 0.0557. The van der Waals surface area contributed by atoms with Gasteiger partial charge in [0.05, 0.1) is 0 Å². The Balaban J connectivity index is 3.04. The highest BCUT2D eigenvalue weighted by Gasteiger charge is 2.11.